The smallest absolute Gasteiger partial charge is 0.358 e. The van der Waals surface area contributed by atoms with E-state index in [9.17, 15) is 19.1 Å². The number of hydrogen-bond acceptors (Lipinski definition) is 5. The molecule has 0 spiro atoms. The predicted molar refractivity (Wildman–Crippen MR) is 79.7 cm³/mol. The van der Waals surface area contributed by atoms with Gasteiger partial charge in [-0.15, -0.1) is 10.2 Å². The molecule has 9 heteroatoms. The Morgan fingerprint density at radius 3 is 2.33 bits per heavy atom. The topological polar surface area (TPSA) is 117 Å². The lowest BCUT2D eigenvalue weighted by Crippen LogP contribution is -1.96. The SMILES string of the molecule is O=C(O)c1ccc(N=Nc2c(C(=O)O)nc3ccc(F)cn23)cc1. The number of carboxylic acid groups (broad SMARTS) is 2. The van der Waals surface area contributed by atoms with Crippen LogP contribution in [0.15, 0.2) is 52.8 Å². The lowest BCUT2D eigenvalue weighted by Gasteiger charge is -1.97. The van der Waals surface area contributed by atoms with Crippen molar-refractivity contribution in [2.24, 2.45) is 10.2 Å². The second-order valence-electron chi connectivity index (χ2n) is 4.72. The van der Waals surface area contributed by atoms with Crippen molar-refractivity contribution in [2.45, 2.75) is 0 Å². The van der Waals surface area contributed by atoms with E-state index in [0.717, 1.165) is 12.3 Å². The number of aromatic carboxylic acids is 2. The van der Waals surface area contributed by atoms with Gasteiger partial charge in [-0.2, -0.15) is 0 Å². The molecule has 2 N–H and O–H groups in total. The lowest BCUT2D eigenvalue weighted by atomic mass is 10.2. The highest BCUT2D eigenvalue weighted by molar-refractivity contribution is 5.91. The number of carbonyl (C=O) groups is 2. The Bertz CT molecular complexity index is 979. The molecular formula is C15H9FN4O4. The Labute approximate surface area is 133 Å². The molecule has 0 aliphatic rings. The number of carboxylic acids is 2. The zero-order valence-electron chi connectivity index (χ0n) is 11.9. The highest BCUT2D eigenvalue weighted by Gasteiger charge is 2.18. The molecule has 0 saturated heterocycles. The monoisotopic (exact) mass is 328 g/mol. The molecule has 0 saturated carbocycles. The van der Waals surface area contributed by atoms with Crippen LogP contribution < -0.4 is 0 Å². The molecular weight excluding hydrogens is 319 g/mol. The van der Waals surface area contributed by atoms with Gasteiger partial charge in [0.15, 0.2) is 11.5 Å². The molecule has 8 nitrogen and oxygen atoms in total. The molecule has 0 fully saturated rings. The fourth-order valence-electron chi connectivity index (χ4n) is 2.02. The van der Waals surface area contributed by atoms with Crippen molar-refractivity contribution in [1.82, 2.24) is 9.38 Å². The second-order valence-corrected chi connectivity index (χ2v) is 4.72. The first kappa shape index (κ1) is 15.3. The van der Waals surface area contributed by atoms with E-state index in [-0.39, 0.29) is 22.7 Å². The first-order valence-corrected chi connectivity index (χ1v) is 6.62. The van der Waals surface area contributed by atoms with Crippen LogP contribution in [0.5, 0.6) is 0 Å². The first-order chi connectivity index (χ1) is 11.5. The Hall–Kier alpha value is -3.62. The highest BCUT2D eigenvalue weighted by atomic mass is 19.1. The number of azo groups is 1. The van der Waals surface area contributed by atoms with Gasteiger partial charge >= 0.3 is 11.9 Å². The number of rotatable bonds is 4. The summed E-state index contributed by atoms with van der Waals surface area (Å²) < 4.78 is 14.6. The molecule has 0 aliphatic carbocycles. The van der Waals surface area contributed by atoms with Crippen LogP contribution in [0.3, 0.4) is 0 Å². The van der Waals surface area contributed by atoms with Crippen LogP contribution >= 0.6 is 0 Å². The van der Waals surface area contributed by atoms with E-state index in [1.165, 1.54) is 34.7 Å². The van der Waals surface area contributed by atoms with Crippen LogP contribution in [0, 0.1) is 5.82 Å². The first-order valence-electron chi connectivity index (χ1n) is 6.62. The predicted octanol–water partition coefficient (Wildman–Crippen LogP) is 3.29. The Kier molecular flexibility index (Phi) is 3.74. The normalized spacial score (nSPS) is 11.2. The summed E-state index contributed by atoms with van der Waals surface area (Å²) in [6.07, 6.45) is 1.05. The molecule has 0 unspecified atom stereocenters. The molecule has 0 atom stereocenters. The average Bonchev–Trinajstić information content (AvgIpc) is 2.91. The molecule has 0 bridgehead atoms. The lowest BCUT2D eigenvalue weighted by molar-refractivity contribution is 0.0683. The summed E-state index contributed by atoms with van der Waals surface area (Å²) in [6, 6.07) is 7.97. The average molecular weight is 328 g/mol. The summed E-state index contributed by atoms with van der Waals surface area (Å²) in [5.74, 6) is -3.13. The summed E-state index contributed by atoms with van der Waals surface area (Å²) >= 11 is 0. The molecule has 1 aromatic carbocycles. The molecule has 3 rings (SSSR count). The van der Waals surface area contributed by atoms with Gasteiger partial charge in [0.05, 0.1) is 11.3 Å². The number of imidazole rings is 1. The van der Waals surface area contributed by atoms with Crippen molar-refractivity contribution < 1.29 is 24.2 Å². The summed E-state index contributed by atoms with van der Waals surface area (Å²) in [5, 5.41) is 25.7. The highest BCUT2D eigenvalue weighted by Crippen LogP contribution is 2.25. The van der Waals surface area contributed by atoms with E-state index >= 15 is 0 Å². The van der Waals surface area contributed by atoms with Crippen molar-refractivity contribution in [3.63, 3.8) is 0 Å². The summed E-state index contributed by atoms with van der Waals surface area (Å²) in [7, 11) is 0. The maximum Gasteiger partial charge on any atom is 0.358 e. The van der Waals surface area contributed by atoms with Crippen molar-refractivity contribution in [2.75, 3.05) is 0 Å². The summed E-state index contributed by atoms with van der Waals surface area (Å²) in [5.41, 5.74) is 0.232. The van der Waals surface area contributed by atoms with Gasteiger partial charge in [-0.1, -0.05) is 0 Å². The minimum atomic E-state index is -1.32. The quantitative estimate of drug-likeness (QED) is 0.713. The van der Waals surface area contributed by atoms with Crippen LogP contribution in [0.1, 0.15) is 20.8 Å². The van der Waals surface area contributed by atoms with Gasteiger partial charge in [-0.05, 0) is 36.4 Å². The number of halogens is 1. The molecule has 24 heavy (non-hydrogen) atoms. The third-order valence-electron chi connectivity index (χ3n) is 3.13. The molecule has 0 aliphatic heterocycles. The summed E-state index contributed by atoms with van der Waals surface area (Å²) in [6.45, 7) is 0. The third-order valence-corrected chi connectivity index (χ3v) is 3.13. The van der Waals surface area contributed by atoms with Crippen LogP contribution in [0.25, 0.3) is 5.65 Å². The molecule has 0 radical (unpaired) electrons. The van der Waals surface area contributed by atoms with E-state index in [2.05, 4.69) is 15.2 Å². The Morgan fingerprint density at radius 2 is 1.71 bits per heavy atom. The molecule has 2 aromatic heterocycles. The van der Waals surface area contributed by atoms with Gasteiger partial charge < -0.3 is 10.2 Å². The van der Waals surface area contributed by atoms with E-state index in [1.807, 2.05) is 0 Å². The molecule has 2 heterocycles. The van der Waals surface area contributed by atoms with Gasteiger partial charge in [-0.3, -0.25) is 4.40 Å². The number of aromatic nitrogens is 2. The Morgan fingerprint density at radius 1 is 1.00 bits per heavy atom. The van der Waals surface area contributed by atoms with Gasteiger partial charge in [0, 0.05) is 6.20 Å². The van der Waals surface area contributed by atoms with Gasteiger partial charge in [-0.25, -0.2) is 19.0 Å². The van der Waals surface area contributed by atoms with Crippen molar-refractivity contribution >= 4 is 29.1 Å². The number of benzene rings is 1. The van der Waals surface area contributed by atoms with Crippen LogP contribution in [-0.4, -0.2) is 31.5 Å². The molecule has 120 valence electrons. The number of nitrogens with zero attached hydrogens (tertiary/aromatic N) is 4. The van der Waals surface area contributed by atoms with Crippen molar-refractivity contribution in [1.29, 1.82) is 0 Å². The van der Waals surface area contributed by atoms with E-state index in [4.69, 9.17) is 5.11 Å². The zero-order chi connectivity index (χ0) is 17.3. The minimum absolute atomic E-state index is 0.0806. The van der Waals surface area contributed by atoms with E-state index < -0.39 is 17.8 Å². The third kappa shape index (κ3) is 2.82. The van der Waals surface area contributed by atoms with Gasteiger partial charge in [0.25, 0.3) is 0 Å². The fourth-order valence-corrected chi connectivity index (χ4v) is 2.02. The van der Waals surface area contributed by atoms with E-state index in [1.54, 1.807) is 0 Å². The van der Waals surface area contributed by atoms with Crippen LogP contribution in [0.2, 0.25) is 0 Å². The number of hydrogen-bond donors (Lipinski definition) is 2. The molecule has 3 aromatic rings. The van der Waals surface area contributed by atoms with Crippen LogP contribution in [0.4, 0.5) is 15.9 Å². The van der Waals surface area contributed by atoms with Crippen molar-refractivity contribution in [3.05, 3.63) is 59.7 Å². The number of fused-ring (bicyclic) bond motifs is 1. The molecule has 0 amide bonds. The maximum atomic E-state index is 13.4. The zero-order valence-corrected chi connectivity index (χ0v) is 11.9. The standard InChI is InChI=1S/C15H9FN4O4/c16-9-3-6-11-17-12(15(23)24)13(20(11)7-9)19-18-10-4-1-8(2-5-10)14(21)22/h1-7H,(H,21,22)(H,23,24). The van der Waals surface area contributed by atoms with Gasteiger partial charge in [0.2, 0.25) is 0 Å². The van der Waals surface area contributed by atoms with E-state index in [0.29, 0.717) is 5.69 Å². The largest absolute Gasteiger partial charge is 0.478 e. The maximum absolute atomic E-state index is 13.4. The fraction of sp³-hybridized carbons (Fsp3) is 0. The van der Waals surface area contributed by atoms with Crippen molar-refractivity contribution in [3.8, 4) is 0 Å². The minimum Gasteiger partial charge on any atom is -0.478 e. The van der Waals surface area contributed by atoms with Crippen LogP contribution in [-0.2, 0) is 0 Å². The number of pyridine rings is 1. The Balaban J connectivity index is 2.04. The summed E-state index contributed by atoms with van der Waals surface area (Å²) in [4.78, 5) is 25.9. The van der Waals surface area contributed by atoms with Gasteiger partial charge in [0.1, 0.15) is 11.5 Å². The second kappa shape index (κ2) is 5.88.